The second kappa shape index (κ2) is 33.3. The third kappa shape index (κ3) is 22.6. The van der Waals surface area contributed by atoms with Gasteiger partial charge >= 0.3 is 11.9 Å². The molecule has 61 heavy (non-hydrogen) atoms. The largest absolute Gasteiger partial charge is 0.462 e. The summed E-state index contributed by atoms with van der Waals surface area (Å²) in [7, 11) is 0. The molecule has 0 amide bonds. The molecule has 7 N–H and O–H groups in total. The molecule has 2 aliphatic rings. The van der Waals surface area contributed by atoms with Crippen LogP contribution in [0.5, 0.6) is 0 Å². The van der Waals surface area contributed by atoms with Crippen LogP contribution in [0.4, 0.5) is 0 Å². The van der Waals surface area contributed by atoms with Crippen molar-refractivity contribution in [3.05, 3.63) is 85.1 Å². The number of esters is 2. The fraction of sp³-hybridized carbons (Fsp3) is 0.652. The number of allylic oxidation sites excluding steroid dienone is 14. The molecule has 0 bridgehead atoms. The van der Waals surface area contributed by atoms with Gasteiger partial charge in [-0.25, -0.2) is 0 Å². The van der Waals surface area contributed by atoms with Crippen LogP contribution < -0.4 is 0 Å². The van der Waals surface area contributed by atoms with Gasteiger partial charge < -0.3 is 64.2 Å². The minimum atomic E-state index is -1.78. The zero-order chi connectivity index (χ0) is 44.7. The number of rotatable bonds is 30. The van der Waals surface area contributed by atoms with Crippen molar-refractivity contribution in [1.29, 1.82) is 0 Å². The molecule has 0 aromatic carbocycles. The predicted octanol–water partition coefficient (Wildman–Crippen LogP) is 4.09. The van der Waals surface area contributed by atoms with Crippen LogP contribution in [0.25, 0.3) is 0 Å². The van der Waals surface area contributed by atoms with Crippen LogP contribution >= 0.6 is 0 Å². The predicted molar refractivity (Wildman–Crippen MR) is 229 cm³/mol. The molecule has 5 unspecified atom stereocenters. The molecule has 2 saturated heterocycles. The first-order valence-electron chi connectivity index (χ1n) is 21.7. The Balaban J connectivity index is 1.92. The number of carbonyl (C=O) groups is 2. The van der Waals surface area contributed by atoms with Gasteiger partial charge in [0, 0.05) is 12.8 Å². The molecule has 15 nitrogen and oxygen atoms in total. The molecule has 0 radical (unpaired) electrons. The Labute approximate surface area is 361 Å². The molecular formula is C46H72O15. The highest BCUT2D eigenvalue weighted by Gasteiger charge is 2.47. The summed E-state index contributed by atoms with van der Waals surface area (Å²) in [5, 5.41) is 71.8. The van der Waals surface area contributed by atoms with Gasteiger partial charge in [0.1, 0.15) is 55.4 Å². The topological polar surface area (TPSA) is 231 Å². The van der Waals surface area contributed by atoms with E-state index in [1.807, 2.05) is 54.7 Å². The van der Waals surface area contributed by atoms with Gasteiger partial charge in [0.05, 0.1) is 19.8 Å². The normalized spacial score (nSPS) is 28.1. The van der Waals surface area contributed by atoms with Crippen LogP contribution in [0.3, 0.4) is 0 Å². The van der Waals surface area contributed by atoms with Crippen molar-refractivity contribution < 1.29 is 73.8 Å². The number of carbonyl (C=O) groups excluding carboxylic acids is 2. The van der Waals surface area contributed by atoms with Gasteiger partial charge in [0.2, 0.25) is 0 Å². The first kappa shape index (κ1) is 53.8. The fourth-order valence-corrected chi connectivity index (χ4v) is 6.16. The van der Waals surface area contributed by atoms with Gasteiger partial charge in [0.25, 0.3) is 0 Å². The molecule has 11 atom stereocenters. The maximum absolute atomic E-state index is 12.9. The summed E-state index contributed by atoms with van der Waals surface area (Å²) in [5.41, 5.74) is 0. The number of unbranched alkanes of at least 4 members (excludes halogenated alkanes) is 6. The van der Waals surface area contributed by atoms with E-state index in [1.54, 1.807) is 0 Å². The van der Waals surface area contributed by atoms with E-state index in [-0.39, 0.29) is 19.4 Å². The molecule has 0 aliphatic carbocycles. The minimum absolute atomic E-state index is 0.0605. The molecule has 0 aromatic heterocycles. The van der Waals surface area contributed by atoms with Crippen molar-refractivity contribution in [2.45, 2.75) is 165 Å². The molecule has 2 aliphatic heterocycles. The van der Waals surface area contributed by atoms with E-state index < -0.39 is 99.3 Å². The van der Waals surface area contributed by atoms with Crippen LogP contribution in [0, 0.1) is 0 Å². The molecule has 2 fully saturated rings. The van der Waals surface area contributed by atoms with Gasteiger partial charge in [-0.2, -0.15) is 0 Å². The average molecular weight is 865 g/mol. The summed E-state index contributed by atoms with van der Waals surface area (Å²) in [5.74, 6) is -1.04. The van der Waals surface area contributed by atoms with Crippen LogP contribution in [-0.4, -0.2) is 142 Å². The first-order chi connectivity index (χ1) is 29.5. The highest BCUT2D eigenvalue weighted by Crippen LogP contribution is 2.26. The minimum Gasteiger partial charge on any atom is -0.462 e. The number of aliphatic hydroxyl groups is 7. The van der Waals surface area contributed by atoms with E-state index >= 15 is 0 Å². The summed E-state index contributed by atoms with van der Waals surface area (Å²) in [6.07, 6.45) is 20.8. The second-order valence-corrected chi connectivity index (χ2v) is 14.9. The summed E-state index contributed by atoms with van der Waals surface area (Å²) >= 11 is 0. The maximum Gasteiger partial charge on any atom is 0.306 e. The molecule has 2 rings (SSSR count). The standard InChI is InChI=1S/C46H72O15/c1-3-5-7-9-11-13-15-17-19-21-23-25-27-29-38(49)59-34(31-56-37(48)28-26-24-22-20-18-16-14-12-10-8-6-4-2)32-57-45-44(55)42(53)40(51)36(61-45)33-58-46-43(54)41(52)39(50)35(30-47)60-46/h5-9,11-15,17,19,21,23,34-36,39-47,50-55H,3-4,10,16,18,20,22,24-33H2,1-2H3/b7-5+,8-6+,11-9+,14-12+,15-13+,19-17+,23-21+/t34?,35-,36-,39+,40+,41?,42?,43?,44?,45-,46-/m1/s1. The van der Waals surface area contributed by atoms with Crippen LogP contribution in [0.15, 0.2) is 85.1 Å². The van der Waals surface area contributed by atoms with Crippen LogP contribution in [0.1, 0.15) is 97.3 Å². The van der Waals surface area contributed by atoms with E-state index in [9.17, 15) is 45.3 Å². The van der Waals surface area contributed by atoms with Crippen molar-refractivity contribution in [2.75, 3.05) is 26.4 Å². The second-order valence-electron chi connectivity index (χ2n) is 14.9. The first-order valence-corrected chi connectivity index (χ1v) is 21.7. The van der Waals surface area contributed by atoms with Gasteiger partial charge in [-0.3, -0.25) is 9.59 Å². The van der Waals surface area contributed by atoms with Crippen molar-refractivity contribution in [1.82, 2.24) is 0 Å². The average Bonchev–Trinajstić information content (AvgIpc) is 3.25. The molecule has 346 valence electrons. The third-order valence-corrected chi connectivity index (χ3v) is 9.75. The zero-order valence-electron chi connectivity index (χ0n) is 35.9. The number of hydrogen-bond acceptors (Lipinski definition) is 15. The molecule has 0 aromatic rings. The van der Waals surface area contributed by atoms with Crippen molar-refractivity contribution >= 4 is 11.9 Å². The Morgan fingerprint density at radius 2 is 1.08 bits per heavy atom. The highest BCUT2D eigenvalue weighted by atomic mass is 16.7. The van der Waals surface area contributed by atoms with E-state index in [4.69, 9.17) is 28.4 Å². The molecule has 2 heterocycles. The Hall–Kier alpha value is -3.32. The molecule has 0 saturated carbocycles. The summed E-state index contributed by atoms with van der Waals surface area (Å²) in [6, 6.07) is 0. The highest BCUT2D eigenvalue weighted by molar-refractivity contribution is 5.70. The smallest absolute Gasteiger partial charge is 0.306 e. The summed E-state index contributed by atoms with van der Waals surface area (Å²) in [6.45, 7) is 2.18. The molecular weight excluding hydrogens is 792 g/mol. The zero-order valence-corrected chi connectivity index (χ0v) is 35.9. The lowest BCUT2D eigenvalue weighted by molar-refractivity contribution is -0.332. The quantitative estimate of drug-likeness (QED) is 0.0234. The van der Waals surface area contributed by atoms with Crippen molar-refractivity contribution in [3.8, 4) is 0 Å². The van der Waals surface area contributed by atoms with Crippen molar-refractivity contribution in [3.63, 3.8) is 0 Å². The SMILES string of the molecule is CC/C=C/C=C/C=C/C=C/C=C/CCCC(=O)OC(COC(=O)CCCCCCC/C=C/C/C=C/CC)CO[C@@H]1O[C@H](CO[C@@H]2O[C@H](CO)[C@H](O)C(O)C2O)[C@H](O)C(O)C1O. The van der Waals surface area contributed by atoms with Gasteiger partial charge in [-0.15, -0.1) is 0 Å². The van der Waals surface area contributed by atoms with E-state index in [2.05, 4.69) is 44.2 Å². The lowest BCUT2D eigenvalue weighted by atomic mass is 9.98. The van der Waals surface area contributed by atoms with Crippen molar-refractivity contribution in [2.24, 2.45) is 0 Å². The number of ether oxygens (including phenoxy) is 6. The van der Waals surface area contributed by atoms with Crippen LogP contribution in [0.2, 0.25) is 0 Å². The van der Waals surface area contributed by atoms with E-state index in [1.165, 1.54) is 0 Å². The van der Waals surface area contributed by atoms with Gasteiger partial charge in [-0.1, -0.05) is 118 Å². The third-order valence-electron chi connectivity index (χ3n) is 9.75. The van der Waals surface area contributed by atoms with Crippen LogP contribution in [-0.2, 0) is 38.0 Å². The Morgan fingerprint density at radius 3 is 1.75 bits per heavy atom. The van der Waals surface area contributed by atoms with Gasteiger partial charge in [0.15, 0.2) is 18.7 Å². The summed E-state index contributed by atoms with van der Waals surface area (Å²) in [4.78, 5) is 25.5. The van der Waals surface area contributed by atoms with E-state index in [0.717, 1.165) is 51.4 Å². The lowest BCUT2D eigenvalue weighted by Crippen LogP contribution is -2.61. The molecule has 15 heteroatoms. The number of hydrogen-bond donors (Lipinski definition) is 7. The number of aliphatic hydroxyl groups excluding tert-OH is 7. The monoisotopic (exact) mass is 864 g/mol. The Bertz CT molecular complexity index is 1390. The van der Waals surface area contributed by atoms with Gasteiger partial charge in [-0.05, 0) is 51.4 Å². The Kier molecular flexibility index (Phi) is 29.3. The molecule has 0 spiro atoms. The summed E-state index contributed by atoms with van der Waals surface area (Å²) < 4.78 is 33.3. The van der Waals surface area contributed by atoms with E-state index in [0.29, 0.717) is 19.3 Å². The lowest BCUT2D eigenvalue weighted by Gasteiger charge is -2.42. The maximum atomic E-state index is 12.9. The fourth-order valence-electron chi connectivity index (χ4n) is 6.16. The Morgan fingerprint density at radius 1 is 0.541 bits per heavy atom.